The highest BCUT2D eigenvalue weighted by Gasteiger charge is 2.16. The highest BCUT2D eigenvalue weighted by atomic mass is 35.5. The topological polar surface area (TPSA) is 49.8 Å². The number of amides is 1. The third-order valence-electron chi connectivity index (χ3n) is 3.43. The quantitative estimate of drug-likeness (QED) is 0.905. The number of rotatable bonds is 5. The largest absolute Gasteiger partial charge is 0.507 e. The summed E-state index contributed by atoms with van der Waals surface area (Å²) < 4.78 is 5.70. The summed E-state index contributed by atoms with van der Waals surface area (Å²) in [6.07, 6.45) is 0. The van der Waals surface area contributed by atoms with Crippen molar-refractivity contribution in [1.29, 1.82) is 0 Å². The summed E-state index contributed by atoms with van der Waals surface area (Å²) in [7, 11) is 1.66. The van der Waals surface area contributed by atoms with Crippen molar-refractivity contribution in [2.45, 2.75) is 13.8 Å². The van der Waals surface area contributed by atoms with Crippen LogP contribution in [0.25, 0.3) is 0 Å². The minimum Gasteiger partial charge on any atom is -0.507 e. The molecule has 2 aromatic rings. The molecule has 5 heteroatoms. The predicted octanol–water partition coefficient (Wildman–Crippen LogP) is 3.81. The highest BCUT2D eigenvalue weighted by Crippen LogP contribution is 2.22. The van der Waals surface area contributed by atoms with Crippen LogP contribution in [-0.4, -0.2) is 36.1 Å². The first-order chi connectivity index (χ1) is 10.9. The van der Waals surface area contributed by atoms with Crippen LogP contribution >= 0.6 is 11.6 Å². The number of hydrogen-bond donors (Lipinski definition) is 1. The van der Waals surface area contributed by atoms with Gasteiger partial charge in [0.2, 0.25) is 0 Å². The van der Waals surface area contributed by atoms with Crippen LogP contribution < -0.4 is 4.74 Å². The number of nitrogens with zero attached hydrogens (tertiary/aromatic N) is 1. The van der Waals surface area contributed by atoms with Gasteiger partial charge in [0.05, 0.1) is 12.1 Å². The van der Waals surface area contributed by atoms with Gasteiger partial charge in [-0.25, -0.2) is 0 Å². The number of phenols is 1. The molecule has 0 heterocycles. The summed E-state index contributed by atoms with van der Waals surface area (Å²) >= 11 is 5.87. The van der Waals surface area contributed by atoms with E-state index in [0.717, 1.165) is 16.9 Å². The number of carbonyl (C=O) groups excluding carboxylic acids is 1. The molecule has 0 aliphatic rings. The number of benzene rings is 2. The Morgan fingerprint density at radius 1 is 1.17 bits per heavy atom. The zero-order valence-corrected chi connectivity index (χ0v) is 14.2. The number of carbonyl (C=O) groups is 1. The first kappa shape index (κ1) is 17.2. The van der Waals surface area contributed by atoms with Gasteiger partial charge >= 0.3 is 0 Å². The second kappa shape index (κ2) is 7.38. The SMILES string of the molecule is Cc1cc(C)cc(OCCN(C)C(=O)c2cc(Cl)ccc2O)c1. The van der Waals surface area contributed by atoms with Gasteiger partial charge in [-0.2, -0.15) is 0 Å². The molecule has 2 rings (SSSR count). The normalized spacial score (nSPS) is 10.4. The average Bonchev–Trinajstić information content (AvgIpc) is 2.48. The number of likely N-dealkylation sites (N-methyl/N-ethyl adjacent to an activating group) is 1. The molecular weight excluding hydrogens is 314 g/mol. The van der Waals surface area contributed by atoms with E-state index in [-0.39, 0.29) is 17.2 Å². The van der Waals surface area contributed by atoms with E-state index >= 15 is 0 Å². The number of phenolic OH excluding ortho intramolecular Hbond substituents is 1. The molecule has 0 unspecified atom stereocenters. The van der Waals surface area contributed by atoms with E-state index in [9.17, 15) is 9.90 Å². The van der Waals surface area contributed by atoms with Crippen LogP contribution in [0.15, 0.2) is 36.4 Å². The Kier molecular flexibility index (Phi) is 5.50. The smallest absolute Gasteiger partial charge is 0.257 e. The molecule has 0 radical (unpaired) electrons. The van der Waals surface area contributed by atoms with Gasteiger partial charge in [-0.1, -0.05) is 17.7 Å². The first-order valence-electron chi connectivity index (χ1n) is 7.32. The Bertz CT molecular complexity index is 695. The van der Waals surface area contributed by atoms with Gasteiger partial charge in [-0.05, 0) is 55.3 Å². The van der Waals surface area contributed by atoms with Crippen molar-refractivity contribution in [2.75, 3.05) is 20.2 Å². The van der Waals surface area contributed by atoms with Gasteiger partial charge in [-0.15, -0.1) is 0 Å². The van der Waals surface area contributed by atoms with Gasteiger partial charge in [0.1, 0.15) is 18.1 Å². The highest BCUT2D eigenvalue weighted by molar-refractivity contribution is 6.31. The fourth-order valence-electron chi connectivity index (χ4n) is 2.30. The van der Waals surface area contributed by atoms with Crippen molar-refractivity contribution < 1.29 is 14.6 Å². The number of halogens is 1. The summed E-state index contributed by atoms with van der Waals surface area (Å²) in [4.78, 5) is 13.8. The predicted molar refractivity (Wildman–Crippen MR) is 91.5 cm³/mol. The molecule has 1 amide bonds. The molecule has 0 aliphatic carbocycles. The molecule has 0 fully saturated rings. The van der Waals surface area contributed by atoms with Gasteiger partial charge in [0.15, 0.2) is 0 Å². The van der Waals surface area contributed by atoms with Crippen molar-refractivity contribution >= 4 is 17.5 Å². The van der Waals surface area contributed by atoms with E-state index in [1.54, 1.807) is 7.05 Å². The molecule has 0 aliphatic heterocycles. The maximum absolute atomic E-state index is 12.3. The molecule has 0 bridgehead atoms. The van der Waals surface area contributed by atoms with Gasteiger partial charge in [-0.3, -0.25) is 4.79 Å². The van der Waals surface area contributed by atoms with Gasteiger partial charge < -0.3 is 14.7 Å². The van der Waals surface area contributed by atoms with E-state index in [1.807, 2.05) is 26.0 Å². The van der Waals surface area contributed by atoms with Gasteiger partial charge in [0.25, 0.3) is 5.91 Å². The Morgan fingerprint density at radius 3 is 2.48 bits per heavy atom. The van der Waals surface area contributed by atoms with Crippen LogP contribution in [0.4, 0.5) is 0 Å². The molecule has 0 spiro atoms. The number of aryl methyl sites for hydroxylation is 2. The van der Waals surface area contributed by atoms with Gasteiger partial charge in [0, 0.05) is 12.1 Å². The zero-order valence-electron chi connectivity index (χ0n) is 13.5. The zero-order chi connectivity index (χ0) is 17.0. The van der Waals surface area contributed by atoms with Crippen molar-refractivity contribution in [1.82, 2.24) is 4.90 Å². The molecule has 2 aromatic carbocycles. The Morgan fingerprint density at radius 2 is 1.83 bits per heavy atom. The number of hydrogen-bond acceptors (Lipinski definition) is 3. The number of aromatic hydroxyl groups is 1. The van der Waals surface area contributed by atoms with E-state index in [0.29, 0.717) is 18.2 Å². The van der Waals surface area contributed by atoms with E-state index < -0.39 is 0 Å². The average molecular weight is 334 g/mol. The van der Waals surface area contributed by atoms with E-state index in [1.165, 1.54) is 23.1 Å². The summed E-state index contributed by atoms with van der Waals surface area (Å²) in [5.41, 5.74) is 2.45. The Hall–Kier alpha value is -2.20. The summed E-state index contributed by atoms with van der Waals surface area (Å²) in [5.74, 6) is 0.407. The maximum atomic E-state index is 12.3. The fourth-order valence-corrected chi connectivity index (χ4v) is 2.48. The van der Waals surface area contributed by atoms with Crippen molar-refractivity contribution in [3.8, 4) is 11.5 Å². The lowest BCUT2D eigenvalue weighted by atomic mass is 10.1. The Labute approximate surface area is 141 Å². The molecular formula is C18H20ClNO3. The third kappa shape index (κ3) is 4.63. The van der Waals surface area contributed by atoms with Crippen LogP contribution in [0.1, 0.15) is 21.5 Å². The van der Waals surface area contributed by atoms with Crippen LogP contribution in [0.5, 0.6) is 11.5 Å². The first-order valence-corrected chi connectivity index (χ1v) is 7.69. The Balaban J connectivity index is 1.95. The number of ether oxygens (including phenoxy) is 1. The standard InChI is InChI=1S/C18H20ClNO3/c1-12-8-13(2)10-15(9-12)23-7-6-20(3)18(22)16-11-14(19)4-5-17(16)21/h4-5,8-11,21H,6-7H2,1-3H3. The van der Waals surface area contributed by atoms with Crippen molar-refractivity contribution in [3.63, 3.8) is 0 Å². The molecule has 1 N–H and O–H groups in total. The van der Waals surface area contributed by atoms with E-state index in [2.05, 4.69) is 6.07 Å². The summed E-state index contributed by atoms with van der Waals surface area (Å²) in [6, 6.07) is 10.4. The van der Waals surface area contributed by atoms with Crippen LogP contribution in [0.3, 0.4) is 0 Å². The summed E-state index contributed by atoms with van der Waals surface area (Å²) in [5, 5.41) is 10.2. The van der Waals surface area contributed by atoms with Crippen LogP contribution in [0, 0.1) is 13.8 Å². The maximum Gasteiger partial charge on any atom is 0.257 e. The van der Waals surface area contributed by atoms with Crippen LogP contribution in [0.2, 0.25) is 5.02 Å². The fraction of sp³-hybridized carbons (Fsp3) is 0.278. The van der Waals surface area contributed by atoms with Crippen molar-refractivity contribution in [2.24, 2.45) is 0 Å². The van der Waals surface area contributed by atoms with E-state index in [4.69, 9.17) is 16.3 Å². The molecule has 0 saturated carbocycles. The van der Waals surface area contributed by atoms with Crippen molar-refractivity contribution in [3.05, 3.63) is 58.1 Å². The molecule has 4 nitrogen and oxygen atoms in total. The van der Waals surface area contributed by atoms with Crippen LogP contribution in [-0.2, 0) is 0 Å². The third-order valence-corrected chi connectivity index (χ3v) is 3.66. The lowest BCUT2D eigenvalue weighted by Gasteiger charge is -2.18. The molecule has 0 saturated heterocycles. The second-order valence-electron chi connectivity index (χ2n) is 5.56. The molecule has 122 valence electrons. The second-order valence-corrected chi connectivity index (χ2v) is 6.00. The lowest BCUT2D eigenvalue weighted by molar-refractivity contribution is 0.0770. The molecule has 0 atom stereocenters. The monoisotopic (exact) mass is 333 g/mol. The minimum absolute atomic E-state index is 0.0820. The minimum atomic E-state index is -0.297. The molecule has 23 heavy (non-hydrogen) atoms. The molecule has 0 aromatic heterocycles. The summed E-state index contributed by atoms with van der Waals surface area (Å²) in [6.45, 7) is 4.79. The lowest BCUT2D eigenvalue weighted by Crippen LogP contribution is -2.31.